The molecule has 5 fully saturated rings. The number of fused-ring (bicyclic) bond motifs is 7. The number of nitrogens with one attached hydrogen (secondary N) is 1. The van der Waals surface area contributed by atoms with Crippen LogP contribution in [0.15, 0.2) is 35.5 Å². The van der Waals surface area contributed by atoms with E-state index in [1.165, 1.54) is 68.1 Å². The Kier molecular flexibility index (Phi) is 11.1. The Balaban J connectivity index is 1.08. The van der Waals surface area contributed by atoms with Crippen LogP contribution >= 0.6 is 0 Å². The van der Waals surface area contributed by atoms with E-state index in [1.54, 1.807) is 6.92 Å². The van der Waals surface area contributed by atoms with Crippen LogP contribution < -0.4 is 5.32 Å². The molecule has 10 unspecified atom stereocenters. The van der Waals surface area contributed by atoms with Gasteiger partial charge < -0.3 is 25.2 Å². The highest BCUT2D eigenvalue weighted by Gasteiger charge is 2.70. The van der Waals surface area contributed by atoms with Crippen LogP contribution in [0, 0.1) is 62.1 Å². The van der Waals surface area contributed by atoms with E-state index in [1.807, 2.05) is 0 Å². The second-order valence-corrected chi connectivity index (χ2v) is 21.4. The van der Waals surface area contributed by atoms with Crippen molar-refractivity contribution in [2.45, 2.75) is 144 Å². The molecule has 0 bridgehead atoms. The predicted octanol–water partition coefficient (Wildman–Crippen LogP) is 9.40. The highest BCUT2D eigenvalue weighted by atomic mass is 19.1. The Labute approximate surface area is 341 Å². The van der Waals surface area contributed by atoms with Gasteiger partial charge in [-0.25, -0.2) is 4.39 Å². The first-order valence-electron chi connectivity index (χ1n) is 22.5. The molecule has 0 spiro atoms. The van der Waals surface area contributed by atoms with Gasteiger partial charge in [-0.2, -0.15) is 0 Å². The van der Waals surface area contributed by atoms with Crippen LogP contribution in [0.1, 0.15) is 138 Å². The number of piperidine rings is 1. The molecule has 7 rings (SSSR count). The number of likely N-dealkylation sites (tertiary alicyclic amines) is 1. The van der Waals surface area contributed by atoms with Gasteiger partial charge in [0, 0.05) is 18.6 Å². The summed E-state index contributed by atoms with van der Waals surface area (Å²) in [6.45, 7) is 23.7. The number of carboxylic acids is 2. The molecule has 0 aromatic heterocycles. The molecule has 0 radical (unpaired) electrons. The molecule has 0 amide bonds. The molecule has 6 aliphatic carbocycles. The minimum absolute atomic E-state index is 0.0404. The number of alkyl halides is 1. The lowest BCUT2D eigenvalue weighted by molar-refractivity contribution is -0.221. The van der Waals surface area contributed by atoms with E-state index in [2.05, 4.69) is 70.5 Å². The Morgan fingerprint density at radius 2 is 1.60 bits per heavy atom. The number of halogens is 1. The van der Waals surface area contributed by atoms with Crippen molar-refractivity contribution in [2.75, 3.05) is 39.5 Å². The number of aliphatic carboxylic acids is 2. The van der Waals surface area contributed by atoms with E-state index >= 15 is 0 Å². The molecular weight excluding hydrogens is 720 g/mol. The zero-order chi connectivity index (χ0) is 41.4. The minimum atomic E-state index is -1.43. The molecule has 0 aromatic carbocycles. The van der Waals surface area contributed by atoms with Gasteiger partial charge in [0.05, 0.1) is 12.0 Å². The maximum absolute atomic E-state index is 14.0. The van der Waals surface area contributed by atoms with Crippen LogP contribution in [-0.2, 0) is 19.1 Å². The topological polar surface area (TPSA) is 116 Å². The molecule has 7 aliphatic rings. The number of rotatable bonds is 11. The molecule has 3 N–H and O–H groups in total. The molecule has 1 saturated heterocycles. The maximum Gasteiger partial charge on any atom is 0.323 e. The van der Waals surface area contributed by atoms with Crippen LogP contribution in [0.3, 0.4) is 0 Å². The minimum Gasteiger partial charge on any atom is -0.481 e. The number of hydrogen-bond donors (Lipinski definition) is 3. The number of ether oxygens (including phenoxy) is 1. The van der Waals surface area contributed by atoms with E-state index < -0.39 is 35.4 Å². The average molecular weight is 793 g/mol. The lowest BCUT2D eigenvalue weighted by atomic mass is 9.33. The van der Waals surface area contributed by atoms with Crippen molar-refractivity contribution in [3.05, 3.63) is 35.5 Å². The Morgan fingerprint density at radius 1 is 0.877 bits per heavy atom. The van der Waals surface area contributed by atoms with Crippen LogP contribution in [0.4, 0.5) is 4.39 Å². The molecule has 318 valence electrons. The molecule has 9 heteroatoms. The van der Waals surface area contributed by atoms with Crippen molar-refractivity contribution in [3.63, 3.8) is 0 Å². The van der Waals surface area contributed by atoms with Crippen LogP contribution in [0.5, 0.6) is 0 Å². The van der Waals surface area contributed by atoms with Crippen LogP contribution in [-0.4, -0.2) is 78.0 Å². The van der Waals surface area contributed by atoms with Gasteiger partial charge >= 0.3 is 17.9 Å². The first-order valence-corrected chi connectivity index (χ1v) is 22.5. The summed E-state index contributed by atoms with van der Waals surface area (Å²) in [6, 6.07) is 0. The smallest absolute Gasteiger partial charge is 0.323 e. The van der Waals surface area contributed by atoms with E-state index in [4.69, 9.17) is 4.74 Å². The second kappa shape index (κ2) is 14.9. The number of carbonyl (C=O) groups is 3. The first kappa shape index (κ1) is 42.6. The van der Waals surface area contributed by atoms with E-state index in [0.717, 1.165) is 19.5 Å². The third-order valence-corrected chi connectivity index (χ3v) is 19.0. The monoisotopic (exact) mass is 793 g/mol. The number of hydrogen-bond acceptors (Lipinski definition) is 6. The average Bonchev–Trinajstić information content (AvgIpc) is 3.55. The van der Waals surface area contributed by atoms with E-state index in [-0.39, 0.29) is 53.1 Å². The lowest BCUT2D eigenvalue weighted by Crippen LogP contribution is -2.68. The number of carbonyl (C=O) groups excluding carboxylic acids is 1. The number of esters is 1. The zero-order valence-corrected chi connectivity index (χ0v) is 36.2. The van der Waals surface area contributed by atoms with Gasteiger partial charge in [-0.1, -0.05) is 58.9 Å². The number of carboxylic acid groups (broad SMARTS) is 2. The number of nitrogens with zero attached hydrogens (tertiary/aromatic N) is 1. The molecule has 1 aliphatic heterocycles. The summed E-state index contributed by atoms with van der Waals surface area (Å²) >= 11 is 0. The van der Waals surface area contributed by atoms with Gasteiger partial charge in [0.25, 0.3) is 0 Å². The normalized spacial score (nSPS) is 42.3. The van der Waals surface area contributed by atoms with E-state index in [9.17, 15) is 29.0 Å². The summed E-state index contributed by atoms with van der Waals surface area (Å²) in [4.78, 5) is 39.3. The van der Waals surface area contributed by atoms with Gasteiger partial charge in [0.2, 0.25) is 0 Å². The fraction of sp³-hybridized carbons (Fsp3) is 0.812. The Morgan fingerprint density at radius 3 is 2.19 bits per heavy atom. The predicted molar refractivity (Wildman–Crippen MR) is 221 cm³/mol. The van der Waals surface area contributed by atoms with Crippen molar-refractivity contribution < 1.29 is 33.7 Å². The summed E-state index contributed by atoms with van der Waals surface area (Å²) in [7, 11) is 0. The zero-order valence-electron chi connectivity index (χ0n) is 36.2. The van der Waals surface area contributed by atoms with Gasteiger partial charge in [0.15, 0.2) is 5.41 Å². The van der Waals surface area contributed by atoms with Crippen molar-refractivity contribution in [1.82, 2.24) is 10.2 Å². The third kappa shape index (κ3) is 6.34. The summed E-state index contributed by atoms with van der Waals surface area (Å²) < 4.78 is 19.2. The molecule has 8 nitrogen and oxygen atoms in total. The summed E-state index contributed by atoms with van der Waals surface area (Å²) in [5.41, 5.74) is 1.89. The van der Waals surface area contributed by atoms with Crippen molar-refractivity contribution in [2.24, 2.45) is 62.1 Å². The molecular formula is C48H73FN2O6. The first-order chi connectivity index (χ1) is 26.8. The standard InChI is InChI=1S/C48H73FN2O6/c1-9-57-41(56)47(40(54)55)24-27-51(28-25-47)29-26-50-48-21-14-33(31(2)3)38(48)35-10-11-37-43(6)17-15-34(32-12-19-46(30-49,20-13-32)39(52)53)42(4,5)36(43)16-18-45(37,8)44(35,7)22-23-48/h12,15,33,35-38,50H,2,9-11,13-14,16-30H2,1,3-8H3,(H,52,53)(H,54,55). The van der Waals surface area contributed by atoms with Gasteiger partial charge in [-0.15, -0.1) is 0 Å². The van der Waals surface area contributed by atoms with Crippen molar-refractivity contribution in [3.8, 4) is 0 Å². The highest BCUT2D eigenvalue weighted by molar-refractivity contribution is 5.99. The fourth-order valence-electron chi connectivity index (χ4n) is 15.5. The molecule has 1 heterocycles. The fourth-order valence-corrected chi connectivity index (χ4v) is 15.5. The van der Waals surface area contributed by atoms with Crippen LogP contribution in [0.2, 0.25) is 0 Å². The number of allylic oxidation sites excluding steroid dienone is 5. The Bertz CT molecular complexity index is 1700. The van der Waals surface area contributed by atoms with Crippen molar-refractivity contribution in [1.29, 1.82) is 0 Å². The lowest BCUT2D eigenvalue weighted by Gasteiger charge is -2.72. The third-order valence-electron chi connectivity index (χ3n) is 19.0. The SMILES string of the molecule is C=C(C)C1CCC2(NCCN3CCC(C(=O)O)(C(=O)OCC)CC3)CCC3(C)C(CCC4C5(C)CC=C(C6=CCC(CF)(C(=O)O)CC6)C(C)(C)C5CCC43C)C12. The summed E-state index contributed by atoms with van der Waals surface area (Å²) in [5.74, 6) is 0.131. The van der Waals surface area contributed by atoms with Crippen LogP contribution in [0.25, 0.3) is 0 Å². The molecule has 0 aromatic rings. The largest absolute Gasteiger partial charge is 0.481 e. The van der Waals surface area contributed by atoms with Gasteiger partial charge in [0.1, 0.15) is 6.67 Å². The molecule has 10 atom stereocenters. The quantitative estimate of drug-likeness (QED) is 0.108. The summed E-state index contributed by atoms with van der Waals surface area (Å²) in [5, 5.41) is 24.1. The summed E-state index contributed by atoms with van der Waals surface area (Å²) in [6.07, 6.45) is 17.1. The van der Waals surface area contributed by atoms with E-state index in [0.29, 0.717) is 55.5 Å². The highest BCUT2D eigenvalue weighted by Crippen LogP contribution is 2.76. The van der Waals surface area contributed by atoms with Gasteiger partial charge in [-0.3, -0.25) is 14.4 Å². The van der Waals surface area contributed by atoms with Gasteiger partial charge in [-0.05, 0) is 179 Å². The molecule has 57 heavy (non-hydrogen) atoms. The Hall–Kier alpha value is -2.52. The molecule has 4 saturated carbocycles. The maximum atomic E-state index is 14.0. The van der Waals surface area contributed by atoms with Crippen molar-refractivity contribution >= 4 is 17.9 Å². The second-order valence-electron chi connectivity index (χ2n) is 21.4.